The fraction of sp³-hybridized carbons (Fsp3) is 1.00. The molecule has 0 N–H and O–H groups in total. The first kappa shape index (κ1) is 12.5. The molecule has 0 bridgehead atoms. The van der Waals surface area contributed by atoms with Crippen molar-refractivity contribution in [3.63, 3.8) is 0 Å². The van der Waals surface area contributed by atoms with Crippen LogP contribution in [0.25, 0.3) is 0 Å². The molecule has 12 heavy (non-hydrogen) atoms. The monoisotopic (exact) mass is 186 g/mol. The van der Waals surface area contributed by atoms with E-state index in [0.29, 0.717) is 6.10 Å². The standard InChI is InChI=1S/C4H9O.2C3H7.Al/c1-3-4(2)5;2*1-3-2;/h4H,3H2,1-2H3;2*1,3H2,2H3;/q-1;;;+1. The Morgan fingerprint density at radius 2 is 1.58 bits per heavy atom. The van der Waals surface area contributed by atoms with E-state index in [9.17, 15) is 0 Å². The van der Waals surface area contributed by atoms with Crippen molar-refractivity contribution in [2.45, 2.75) is 63.6 Å². The van der Waals surface area contributed by atoms with Crippen LogP contribution in [0.15, 0.2) is 0 Å². The first-order valence-corrected chi connectivity index (χ1v) is 7.50. The molecule has 72 valence electrons. The zero-order valence-electron chi connectivity index (χ0n) is 9.10. The second-order valence-corrected chi connectivity index (χ2v) is 6.23. The Morgan fingerprint density at radius 3 is 1.92 bits per heavy atom. The fourth-order valence-corrected chi connectivity index (χ4v) is 4.05. The lowest BCUT2D eigenvalue weighted by atomic mass is 10.3. The predicted molar refractivity (Wildman–Crippen MR) is 56.8 cm³/mol. The summed E-state index contributed by atoms with van der Waals surface area (Å²) in [6, 6.07) is 0. The van der Waals surface area contributed by atoms with Gasteiger partial charge in [-0.3, -0.25) is 0 Å². The molecule has 0 rings (SSSR count). The van der Waals surface area contributed by atoms with E-state index < -0.39 is 14.5 Å². The number of hydrogen-bond donors (Lipinski definition) is 0. The Balaban J connectivity index is 3.61. The van der Waals surface area contributed by atoms with Gasteiger partial charge in [0.05, 0.1) is 0 Å². The third-order valence-corrected chi connectivity index (χ3v) is 5.51. The van der Waals surface area contributed by atoms with E-state index in [1.807, 2.05) is 0 Å². The lowest BCUT2D eigenvalue weighted by Crippen LogP contribution is -2.23. The summed E-state index contributed by atoms with van der Waals surface area (Å²) in [4.78, 5) is 0. The van der Waals surface area contributed by atoms with Gasteiger partial charge < -0.3 is 3.79 Å². The molecule has 0 heterocycles. The van der Waals surface area contributed by atoms with E-state index in [0.717, 1.165) is 6.42 Å². The van der Waals surface area contributed by atoms with Gasteiger partial charge >= 0.3 is 14.5 Å². The van der Waals surface area contributed by atoms with Crippen LogP contribution in [0.1, 0.15) is 47.0 Å². The molecule has 0 amide bonds. The first-order valence-electron chi connectivity index (χ1n) is 5.39. The van der Waals surface area contributed by atoms with Crippen molar-refractivity contribution >= 4 is 14.5 Å². The molecule has 1 atom stereocenters. The van der Waals surface area contributed by atoms with E-state index in [4.69, 9.17) is 3.79 Å². The second kappa shape index (κ2) is 8.11. The molecular weight excluding hydrogens is 163 g/mol. The highest BCUT2D eigenvalue weighted by Gasteiger charge is 2.19. The minimum atomic E-state index is -0.809. The molecule has 0 fully saturated rings. The largest absolute Gasteiger partial charge is 0.498 e. The van der Waals surface area contributed by atoms with Crippen LogP contribution in [0.4, 0.5) is 0 Å². The average Bonchev–Trinajstić information content (AvgIpc) is 2.05. The van der Waals surface area contributed by atoms with Crippen molar-refractivity contribution in [3.05, 3.63) is 0 Å². The third-order valence-electron chi connectivity index (χ3n) is 2.22. The van der Waals surface area contributed by atoms with Crippen molar-refractivity contribution in [2.24, 2.45) is 0 Å². The van der Waals surface area contributed by atoms with Crippen molar-refractivity contribution in [1.29, 1.82) is 0 Å². The van der Waals surface area contributed by atoms with Crippen LogP contribution in [0.2, 0.25) is 10.6 Å². The average molecular weight is 186 g/mol. The molecule has 0 aliphatic rings. The zero-order chi connectivity index (χ0) is 9.40. The summed E-state index contributed by atoms with van der Waals surface area (Å²) < 4.78 is 6.02. The molecule has 0 aliphatic heterocycles. The topological polar surface area (TPSA) is 9.23 Å². The Hall–Kier alpha value is 0.492. The molecule has 1 unspecified atom stereocenters. The van der Waals surface area contributed by atoms with E-state index in [1.54, 1.807) is 0 Å². The quantitative estimate of drug-likeness (QED) is 0.552. The van der Waals surface area contributed by atoms with Gasteiger partial charge in [-0.2, -0.15) is 0 Å². The number of hydrogen-bond acceptors (Lipinski definition) is 1. The SMILES string of the molecule is CC[CH2][Al]([CH2]CC)[O]C(C)CC. The Bertz CT molecular complexity index is 89.8. The Kier molecular flexibility index (Phi) is 8.44. The van der Waals surface area contributed by atoms with Crippen LogP contribution in [0.5, 0.6) is 0 Å². The van der Waals surface area contributed by atoms with Gasteiger partial charge in [0.15, 0.2) is 0 Å². The molecule has 0 saturated carbocycles. The van der Waals surface area contributed by atoms with Crippen LogP contribution in [0.3, 0.4) is 0 Å². The van der Waals surface area contributed by atoms with Gasteiger partial charge in [-0.1, -0.05) is 44.2 Å². The van der Waals surface area contributed by atoms with E-state index in [-0.39, 0.29) is 0 Å². The molecule has 0 aliphatic carbocycles. The normalized spacial score (nSPS) is 13.0. The summed E-state index contributed by atoms with van der Waals surface area (Å²) in [5.74, 6) is 0. The lowest BCUT2D eigenvalue weighted by molar-refractivity contribution is 0.215. The van der Waals surface area contributed by atoms with Gasteiger partial charge in [-0.15, -0.1) is 0 Å². The highest BCUT2D eigenvalue weighted by Crippen LogP contribution is 2.10. The fourth-order valence-electron chi connectivity index (χ4n) is 1.35. The van der Waals surface area contributed by atoms with E-state index in [1.165, 1.54) is 23.4 Å². The van der Waals surface area contributed by atoms with Gasteiger partial charge in [-0.05, 0) is 13.3 Å². The van der Waals surface area contributed by atoms with Gasteiger partial charge in [0, 0.05) is 6.10 Å². The summed E-state index contributed by atoms with van der Waals surface area (Å²) in [6.45, 7) is 8.92. The predicted octanol–water partition coefficient (Wildman–Crippen LogP) is 3.61. The first-order chi connectivity index (χ1) is 5.74. The molecule has 0 spiro atoms. The summed E-state index contributed by atoms with van der Waals surface area (Å²) in [5, 5.41) is 2.72. The van der Waals surface area contributed by atoms with Crippen LogP contribution < -0.4 is 0 Å². The minimum absolute atomic E-state index is 0.500. The Morgan fingerprint density at radius 1 is 1.08 bits per heavy atom. The summed E-state index contributed by atoms with van der Waals surface area (Å²) >= 11 is -0.809. The molecule has 0 saturated heterocycles. The smallest absolute Gasteiger partial charge is 0.460 e. The lowest BCUT2D eigenvalue weighted by Gasteiger charge is -2.17. The molecule has 0 aromatic rings. The van der Waals surface area contributed by atoms with E-state index in [2.05, 4.69) is 27.7 Å². The van der Waals surface area contributed by atoms with E-state index >= 15 is 0 Å². The molecule has 0 aromatic heterocycles. The van der Waals surface area contributed by atoms with Gasteiger partial charge in [0.25, 0.3) is 0 Å². The van der Waals surface area contributed by atoms with Crippen molar-refractivity contribution in [3.8, 4) is 0 Å². The molecule has 0 aromatic carbocycles. The van der Waals surface area contributed by atoms with Crippen LogP contribution in [0, 0.1) is 0 Å². The van der Waals surface area contributed by atoms with Crippen LogP contribution in [-0.4, -0.2) is 20.6 Å². The maximum absolute atomic E-state index is 6.02. The van der Waals surface area contributed by atoms with Gasteiger partial charge in [0.1, 0.15) is 0 Å². The number of rotatable bonds is 7. The maximum atomic E-state index is 6.02. The molecule has 2 heteroatoms. The minimum Gasteiger partial charge on any atom is -0.498 e. The maximum Gasteiger partial charge on any atom is 0.460 e. The summed E-state index contributed by atoms with van der Waals surface area (Å²) in [6.07, 6.45) is 4.26. The van der Waals surface area contributed by atoms with Crippen molar-refractivity contribution < 1.29 is 3.79 Å². The summed E-state index contributed by atoms with van der Waals surface area (Å²) in [5.41, 5.74) is 0. The highest BCUT2D eigenvalue weighted by molar-refractivity contribution is 6.51. The Labute approximate surface area is 82.2 Å². The van der Waals surface area contributed by atoms with Crippen molar-refractivity contribution in [2.75, 3.05) is 0 Å². The summed E-state index contributed by atoms with van der Waals surface area (Å²) in [7, 11) is 0. The molecular formula is C10H23AlO. The van der Waals surface area contributed by atoms with Crippen molar-refractivity contribution in [1.82, 2.24) is 0 Å². The molecule has 1 nitrogen and oxygen atoms in total. The zero-order valence-corrected chi connectivity index (χ0v) is 10.3. The molecule has 0 radical (unpaired) electrons. The van der Waals surface area contributed by atoms with Gasteiger partial charge in [0.2, 0.25) is 0 Å². The van der Waals surface area contributed by atoms with Crippen LogP contribution >= 0.6 is 0 Å². The highest BCUT2D eigenvalue weighted by atomic mass is 27.2. The third kappa shape index (κ3) is 6.06. The van der Waals surface area contributed by atoms with Crippen LogP contribution in [-0.2, 0) is 3.79 Å². The second-order valence-electron chi connectivity index (χ2n) is 3.55. The van der Waals surface area contributed by atoms with Gasteiger partial charge in [-0.25, -0.2) is 0 Å².